The molecule has 0 amide bonds. The highest BCUT2D eigenvalue weighted by Crippen LogP contribution is 2.31. The Bertz CT molecular complexity index is 1200. The van der Waals surface area contributed by atoms with E-state index < -0.39 is 6.61 Å². The third-order valence-corrected chi connectivity index (χ3v) is 6.36. The fourth-order valence-corrected chi connectivity index (χ4v) is 4.44. The van der Waals surface area contributed by atoms with Crippen LogP contribution in [0.15, 0.2) is 54.6 Å². The summed E-state index contributed by atoms with van der Waals surface area (Å²) in [6.45, 7) is -2.87. The lowest BCUT2D eigenvalue weighted by Crippen LogP contribution is -2.13. The molecule has 1 nitrogen and oxygen atoms in total. The lowest BCUT2D eigenvalue weighted by Gasteiger charge is -2.25. The molecule has 0 aliphatic heterocycles. The molecule has 0 aromatic heterocycles. The van der Waals surface area contributed by atoms with Crippen LogP contribution >= 0.6 is 0 Å². The lowest BCUT2D eigenvalue weighted by molar-refractivity contribution is -0.0498. The van der Waals surface area contributed by atoms with Gasteiger partial charge < -0.3 is 4.74 Å². The van der Waals surface area contributed by atoms with Gasteiger partial charge in [0, 0.05) is 16.9 Å². The third-order valence-electron chi connectivity index (χ3n) is 6.36. The number of aryl methyl sites for hydroxylation is 1. The van der Waals surface area contributed by atoms with Crippen molar-refractivity contribution in [1.82, 2.24) is 0 Å². The van der Waals surface area contributed by atoms with Crippen LogP contribution in [0.25, 0.3) is 10.8 Å². The summed E-state index contributed by atoms with van der Waals surface area (Å²) in [6, 6.07) is 15.4. The summed E-state index contributed by atoms with van der Waals surface area (Å²) in [4.78, 5) is 0. The lowest BCUT2D eigenvalue weighted by atomic mass is 9.80. The number of halogens is 3. The molecule has 3 aromatic carbocycles. The first-order valence-electron chi connectivity index (χ1n) is 11.3. The fraction of sp³-hybridized carbons (Fsp3) is 0.310. The van der Waals surface area contributed by atoms with Crippen LogP contribution in [0.5, 0.6) is 5.75 Å². The molecule has 3 aromatic rings. The normalized spacial score (nSPS) is 17.9. The second kappa shape index (κ2) is 10.5. The molecule has 1 aliphatic rings. The maximum Gasteiger partial charge on any atom is 0.387 e. The Hall–Kier alpha value is -3.37. The Kier molecular flexibility index (Phi) is 7.26. The maximum atomic E-state index is 15.0. The summed E-state index contributed by atoms with van der Waals surface area (Å²) in [5.41, 5.74) is 2.10. The predicted octanol–water partition coefficient (Wildman–Crippen LogP) is 7.35. The molecule has 168 valence electrons. The standard InChI is InChI=1S/C29H25F3O/c1-2-20-3-5-21(6-4-20)7-8-23-12-18-27-25(19-23)15-14-24(28(27)30)13-9-22-10-16-26(17-11-22)33-29(31)32/h1,10-12,14-21,29H,3-8H2. The van der Waals surface area contributed by atoms with E-state index in [4.69, 9.17) is 6.42 Å². The van der Waals surface area contributed by atoms with Gasteiger partial charge in [-0.3, -0.25) is 0 Å². The molecule has 1 aliphatic carbocycles. The molecule has 0 spiro atoms. The molecular weight excluding hydrogens is 421 g/mol. The second-order valence-corrected chi connectivity index (χ2v) is 8.56. The molecule has 0 radical (unpaired) electrons. The number of hydrogen-bond donors (Lipinski definition) is 0. The van der Waals surface area contributed by atoms with Gasteiger partial charge in [-0.05, 0) is 85.7 Å². The quantitative estimate of drug-likeness (QED) is 0.372. The van der Waals surface area contributed by atoms with Crippen LogP contribution in [-0.4, -0.2) is 6.61 Å². The van der Waals surface area contributed by atoms with Crippen molar-refractivity contribution >= 4 is 10.8 Å². The summed E-state index contributed by atoms with van der Waals surface area (Å²) in [5, 5.41) is 1.40. The van der Waals surface area contributed by atoms with E-state index in [1.807, 2.05) is 18.2 Å². The van der Waals surface area contributed by atoms with Gasteiger partial charge in [0.05, 0.1) is 5.56 Å². The molecule has 0 atom stereocenters. The van der Waals surface area contributed by atoms with Gasteiger partial charge >= 0.3 is 6.61 Å². The number of benzene rings is 3. The summed E-state index contributed by atoms with van der Waals surface area (Å²) in [7, 11) is 0. The molecule has 0 heterocycles. The molecule has 4 heteroatoms. The first-order chi connectivity index (χ1) is 16.0. The minimum atomic E-state index is -2.87. The van der Waals surface area contributed by atoms with E-state index in [-0.39, 0.29) is 11.6 Å². The van der Waals surface area contributed by atoms with Crippen molar-refractivity contribution in [2.75, 3.05) is 0 Å². The van der Waals surface area contributed by atoms with Crippen molar-refractivity contribution in [3.8, 4) is 29.9 Å². The molecule has 1 fully saturated rings. The number of terminal acetylenes is 1. The van der Waals surface area contributed by atoms with E-state index >= 15 is 4.39 Å². The average Bonchev–Trinajstić information content (AvgIpc) is 2.83. The van der Waals surface area contributed by atoms with Gasteiger partial charge in [-0.25, -0.2) is 4.39 Å². The highest BCUT2D eigenvalue weighted by atomic mass is 19.3. The molecule has 1 saturated carbocycles. The first-order valence-corrected chi connectivity index (χ1v) is 11.3. The summed E-state index contributed by atoms with van der Waals surface area (Å²) < 4.78 is 43.8. The van der Waals surface area contributed by atoms with E-state index in [0.29, 0.717) is 22.4 Å². The van der Waals surface area contributed by atoms with Gasteiger partial charge in [-0.1, -0.05) is 36.1 Å². The molecule has 0 bridgehead atoms. The molecule has 4 rings (SSSR count). The van der Waals surface area contributed by atoms with Crippen LogP contribution < -0.4 is 4.74 Å². The van der Waals surface area contributed by atoms with Crippen LogP contribution in [0.2, 0.25) is 0 Å². The second-order valence-electron chi connectivity index (χ2n) is 8.56. The zero-order valence-electron chi connectivity index (χ0n) is 18.3. The van der Waals surface area contributed by atoms with Crippen LogP contribution in [0.3, 0.4) is 0 Å². The average molecular weight is 447 g/mol. The molecule has 0 saturated heterocycles. The van der Waals surface area contributed by atoms with Gasteiger partial charge in [0.2, 0.25) is 0 Å². The van der Waals surface area contributed by atoms with Crippen molar-refractivity contribution in [1.29, 1.82) is 0 Å². The van der Waals surface area contributed by atoms with Gasteiger partial charge in [0.1, 0.15) is 11.6 Å². The number of alkyl halides is 2. The number of rotatable bonds is 5. The van der Waals surface area contributed by atoms with Gasteiger partial charge in [0.15, 0.2) is 0 Å². The molecule has 0 unspecified atom stereocenters. The van der Waals surface area contributed by atoms with Crippen molar-refractivity contribution in [2.24, 2.45) is 11.8 Å². The summed E-state index contributed by atoms with van der Waals surface area (Å²) >= 11 is 0. The molecular formula is C29H25F3O. The number of ether oxygens (including phenoxy) is 1. The number of hydrogen-bond acceptors (Lipinski definition) is 1. The van der Waals surface area contributed by atoms with E-state index in [1.54, 1.807) is 18.2 Å². The zero-order valence-corrected chi connectivity index (χ0v) is 18.3. The maximum absolute atomic E-state index is 15.0. The van der Waals surface area contributed by atoms with E-state index in [0.717, 1.165) is 37.0 Å². The van der Waals surface area contributed by atoms with E-state index in [2.05, 4.69) is 28.6 Å². The SMILES string of the molecule is C#CC1CCC(CCc2ccc3c(F)c(C#Cc4ccc(OC(F)F)cc4)ccc3c2)CC1. The Morgan fingerprint density at radius 2 is 1.70 bits per heavy atom. The Labute approximate surface area is 193 Å². The number of fused-ring (bicyclic) bond motifs is 1. The summed E-state index contributed by atoms with van der Waals surface area (Å²) in [5.74, 6) is 9.47. The van der Waals surface area contributed by atoms with Crippen LogP contribution in [-0.2, 0) is 6.42 Å². The largest absolute Gasteiger partial charge is 0.435 e. The highest BCUT2D eigenvalue weighted by Gasteiger charge is 2.19. The van der Waals surface area contributed by atoms with Gasteiger partial charge in [-0.2, -0.15) is 8.78 Å². The Morgan fingerprint density at radius 1 is 0.939 bits per heavy atom. The Balaban J connectivity index is 1.43. The van der Waals surface area contributed by atoms with Crippen molar-refractivity contribution in [3.63, 3.8) is 0 Å². The fourth-order valence-electron chi connectivity index (χ4n) is 4.44. The monoisotopic (exact) mass is 446 g/mol. The summed E-state index contributed by atoms with van der Waals surface area (Å²) in [6.07, 6.45) is 12.3. The van der Waals surface area contributed by atoms with Crippen molar-refractivity contribution < 1.29 is 17.9 Å². The molecule has 0 N–H and O–H groups in total. The third kappa shape index (κ3) is 5.91. The minimum absolute atomic E-state index is 0.0588. The highest BCUT2D eigenvalue weighted by molar-refractivity contribution is 5.85. The first kappa shape index (κ1) is 22.8. The van der Waals surface area contributed by atoms with Gasteiger partial charge in [-0.15, -0.1) is 12.3 Å². The van der Waals surface area contributed by atoms with Crippen LogP contribution in [0.1, 0.15) is 48.8 Å². The van der Waals surface area contributed by atoms with E-state index in [9.17, 15) is 8.78 Å². The topological polar surface area (TPSA) is 9.23 Å². The minimum Gasteiger partial charge on any atom is -0.435 e. The zero-order chi connectivity index (χ0) is 23.2. The van der Waals surface area contributed by atoms with Crippen LogP contribution in [0.4, 0.5) is 13.2 Å². The van der Waals surface area contributed by atoms with E-state index in [1.165, 1.54) is 30.5 Å². The Morgan fingerprint density at radius 3 is 2.39 bits per heavy atom. The van der Waals surface area contributed by atoms with Crippen molar-refractivity contribution in [2.45, 2.75) is 45.1 Å². The van der Waals surface area contributed by atoms with Crippen molar-refractivity contribution in [3.05, 3.63) is 77.1 Å². The van der Waals surface area contributed by atoms with Gasteiger partial charge in [0.25, 0.3) is 0 Å². The van der Waals surface area contributed by atoms with Crippen LogP contribution in [0, 0.1) is 41.8 Å². The smallest absolute Gasteiger partial charge is 0.387 e. The predicted molar refractivity (Wildman–Crippen MR) is 126 cm³/mol. The molecule has 33 heavy (non-hydrogen) atoms.